The van der Waals surface area contributed by atoms with Crippen molar-refractivity contribution < 1.29 is 22.7 Å². The Morgan fingerprint density at radius 3 is 2.50 bits per heavy atom. The van der Waals surface area contributed by atoms with E-state index in [1.54, 1.807) is 37.1 Å². The van der Waals surface area contributed by atoms with E-state index in [2.05, 4.69) is 5.32 Å². The Morgan fingerprint density at radius 2 is 1.79 bits per heavy atom. The maximum atomic E-state index is 13.6. The van der Waals surface area contributed by atoms with Gasteiger partial charge in [-0.1, -0.05) is 42.5 Å². The molecule has 0 spiro atoms. The minimum Gasteiger partial charge on any atom is -0.497 e. The molecule has 1 heterocycles. The number of carbonyl (C=O) groups is 1. The summed E-state index contributed by atoms with van der Waals surface area (Å²) in [7, 11) is -0.768. The molecule has 3 aromatic carbocycles. The van der Waals surface area contributed by atoms with E-state index in [4.69, 9.17) is 9.47 Å². The van der Waals surface area contributed by atoms with E-state index in [0.717, 1.165) is 22.1 Å². The average Bonchev–Trinajstić information content (AvgIpc) is 3.31. The number of ether oxygens (including phenoxy) is 2. The van der Waals surface area contributed by atoms with E-state index < -0.39 is 16.1 Å². The van der Waals surface area contributed by atoms with Crippen LogP contribution in [0.2, 0.25) is 0 Å². The predicted molar refractivity (Wildman–Crippen MR) is 134 cm³/mol. The maximum Gasteiger partial charge on any atom is 0.243 e. The molecular formula is C25H28N2O5S2. The number of methoxy groups -OCH3 is 2. The third kappa shape index (κ3) is 5.38. The Morgan fingerprint density at radius 1 is 1.06 bits per heavy atom. The Balaban J connectivity index is 1.55. The van der Waals surface area contributed by atoms with Gasteiger partial charge in [-0.25, -0.2) is 8.42 Å². The van der Waals surface area contributed by atoms with Gasteiger partial charge in [-0.3, -0.25) is 4.79 Å². The topological polar surface area (TPSA) is 84.9 Å². The summed E-state index contributed by atoms with van der Waals surface area (Å²) in [6.07, 6.45) is 0.434. The van der Waals surface area contributed by atoms with Gasteiger partial charge in [-0.2, -0.15) is 16.1 Å². The molecule has 3 aromatic rings. The van der Waals surface area contributed by atoms with Gasteiger partial charge < -0.3 is 14.8 Å². The molecule has 0 unspecified atom stereocenters. The SMILES string of the molecule is COCNC(=O)[C@@H]1C[C@@H](SCc2ccc(OC)cc2)CN1S(=O)(=O)c1ccc2ccccc2c1. The van der Waals surface area contributed by atoms with E-state index in [0.29, 0.717) is 12.2 Å². The molecule has 9 heteroatoms. The van der Waals surface area contributed by atoms with Gasteiger partial charge in [-0.05, 0) is 47.0 Å². The summed E-state index contributed by atoms with van der Waals surface area (Å²) < 4.78 is 38.8. The third-order valence-electron chi connectivity index (χ3n) is 5.88. The number of hydrogen-bond donors (Lipinski definition) is 1. The van der Waals surface area contributed by atoms with Crippen LogP contribution in [0.1, 0.15) is 12.0 Å². The van der Waals surface area contributed by atoms with E-state index >= 15 is 0 Å². The van der Waals surface area contributed by atoms with E-state index in [1.165, 1.54) is 11.4 Å². The van der Waals surface area contributed by atoms with E-state index in [-0.39, 0.29) is 29.3 Å². The second-order valence-corrected chi connectivity index (χ2v) is 11.3. The van der Waals surface area contributed by atoms with Crippen LogP contribution in [0.25, 0.3) is 10.8 Å². The lowest BCUT2D eigenvalue weighted by Gasteiger charge is -2.23. The lowest BCUT2D eigenvalue weighted by atomic mass is 10.1. The molecule has 0 aliphatic carbocycles. The number of amides is 1. The number of thioether (sulfide) groups is 1. The highest BCUT2D eigenvalue weighted by molar-refractivity contribution is 7.99. The maximum absolute atomic E-state index is 13.6. The molecular weight excluding hydrogens is 472 g/mol. The fraction of sp³-hybridized carbons (Fsp3) is 0.320. The summed E-state index contributed by atoms with van der Waals surface area (Å²) in [5, 5.41) is 4.46. The number of nitrogens with one attached hydrogen (secondary N) is 1. The van der Waals surface area contributed by atoms with Crippen molar-refractivity contribution in [2.75, 3.05) is 27.5 Å². The summed E-state index contributed by atoms with van der Waals surface area (Å²) >= 11 is 1.66. The molecule has 1 amide bonds. The fourth-order valence-electron chi connectivity index (χ4n) is 4.05. The molecule has 1 saturated heterocycles. The van der Waals surface area contributed by atoms with Crippen molar-refractivity contribution >= 4 is 38.5 Å². The number of hydrogen-bond acceptors (Lipinski definition) is 6. The highest BCUT2D eigenvalue weighted by atomic mass is 32.2. The smallest absolute Gasteiger partial charge is 0.243 e. The van der Waals surface area contributed by atoms with Crippen LogP contribution in [0.3, 0.4) is 0 Å². The second-order valence-electron chi connectivity index (χ2n) is 8.09. The molecule has 1 aliphatic rings. The molecule has 180 valence electrons. The molecule has 1 aliphatic heterocycles. The predicted octanol–water partition coefficient (Wildman–Crippen LogP) is 3.63. The highest BCUT2D eigenvalue weighted by Gasteiger charge is 2.44. The third-order valence-corrected chi connectivity index (χ3v) is 9.07. The Bertz CT molecular complexity index is 1250. The molecule has 0 bridgehead atoms. The van der Waals surface area contributed by atoms with E-state index in [1.807, 2.05) is 48.5 Å². The van der Waals surface area contributed by atoms with Gasteiger partial charge in [0.25, 0.3) is 0 Å². The van der Waals surface area contributed by atoms with Gasteiger partial charge >= 0.3 is 0 Å². The Hall–Kier alpha value is -2.59. The number of carbonyl (C=O) groups excluding carboxylic acids is 1. The summed E-state index contributed by atoms with van der Waals surface area (Å²) in [5.41, 5.74) is 1.11. The number of nitrogens with zero attached hydrogens (tertiary/aromatic N) is 1. The summed E-state index contributed by atoms with van der Waals surface area (Å²) in [6.45, 7) is 0.296. The first-order valence-electron chi connectivity index (χ1n) is 10.9. The first-order chi connectivity index (χ1) is 16.4. The zero-order valence-electron chi connectivity index (χ0n) is 19.1. The molecule has 1 N–H and O–H groups in total. The van der Waals surface area contributed by atoms with Crippen LogP contribution in [0.4, 0.5) is 0 Å². The zero-order valence-corrected chi connectivity index (χ0v) is 20.8. The number of rotatable bonds is 9. The van der Waals surface area contributed by atoms with Crippen molar-refractivity contribution in [2.24, 2.45) is 0 Å². The molecule has 34 heavy (non-hydrogen) atoms. The molecule has 2 atom stereocenters. The van der Waals surface area contributed by atoms with Crippen LogP contribution in [0, 0.1) is 0 Å². The number of benzene rings is 3. The standard InChI is InChI=1S/C25H28N2O5S2/c1-31-17-26-25(28)24-14-22(33-16-18-7-10-21(32-2)11-8-18)15-27(24)34(29,30)23-12-9-19-5-3-4-6-20(19)13-23/h3-13,22,24H,14-17H2,1-2H3,(H,26,28)/t22-,24+/m1/s1. The number of fused-ring (bicyclic) bond motifs is 1. The van der Waals surface area contributed by atoms with Crippen molar-refractivity contribution in [3.05, 3.63) is 72.3 Å². The van der Waals surface area contributed by atoms with Gasteiger partial charge in [0.15, 0.2) is 0 Å². The van der Waals surface area contributed by atoms with Crippen molar-refractivity contribution in [1.82, 2.24) is 9.62 Å². The largest absolute Gasteiger partial charge is 0.497 e. The molecule has 7 nitrogen and oxygen atoms in total. The minimum atomic E-state index is -3.87. The van der Waals surface area contributed by atoms with Crippen LogP contribution >= 0.6 is 11.8 Å². The van der Waals surface area contributed by atoms with Crippen LogP contribution in [-0.2, 0) is 25.3 Å². The first kappa shape index (κ1) is 24.5. The van der Waals surface area contributed by atoms with Crippen LogP contribution in [0.5, 0.6) is 5.75 Å². The normalized spacial score (nSPS) is 18.8. The van der Waals surface area contributed by atoms with Crippen molar-refractivity contribution in [2.45, 2.75) is 28.4 Å². The molecule has 1 fully saturated rings. The first-order valence-corrected chi connectivity index (χ1v) is 13.4. The lowest BCUT2D eigenvalue weighted by molar-refractivity contribution is -0.125. The van der Waals surface area contributed by atoms with Gasteiger partial charge in [0.1, 0.15) is 18.5 Å². The Kier molecular flexibility index (Phi) is 7.77. The van der Waals surface area contributed by atoms with E-state index in [9.17, 15) is 13.2 Å². The molecule has 0 radical (unpaired) electrons. The fourth-order valence-corrected chi connectivity index (χ4v) is 7.03. The molecule has 4 rings (SSSR count). The molecule has 0 saturated carbocycles. The quantitative estimate of drug-likeness (QED) is 0.452. The summed E-state index contributed by atoms with van der Waals surface area (Å²) in [5.74, 6) is 1.15. The van der Waals surface area contributed by atoms with Crippen LogP contribution in [-0.4, -0.2) is 57.4 Å². The lowest BCUT2D eigenvalue weighted by Crippen LogP contribution is -2.46. The monoisotopic (exact) mass is 500 g/mol. The number of sulfonamides is 1. The highest BCUT2D eigenvalue weighted by Crippen LogP contribution is 2.35. The van der Waals surface area contributed by atoms with Crippen LogP contribution in [0.15, 0.2) is 71.6 Å². The van der Waals surface area contributed by atoms with Gasteiger partial charge in [0.05, 0.1) is 12.0 Å². The van der Waals surface area contributed by atoms with Crippen molar-refractivity contribution in [1.29, 1.82) is 0 Å². The van der Waals surface area contributed by atoms with Crippen molar-refractivity contribution in [3.8, 4) is 5.75 Å². The second kappa shape index (κ2) is 10.8. The van der Waals surface area contributed by atoms with Gasteiger partial charge in [-0.15, -0.1) is 0 Å². The zero-order chi connectivity index (χ0) is 24.1. The summed E-state index contributed by atoms with van der Waals surface area (Å²) in [4.78, 5) is 13.1. The Labute approximate surface area is 204 Å². The van der Waals surface area contributed by atoms with Gasteiger partial charge in [0.2, 0.25) is 15.9 Å². The van der Waals surface area contributed by atoms with Crippen molar-refractivity contribution in [3.63, 3.8) is 0 Å². The van der Waals surface area contributed by atoms with Crippen LogP contribution < -0.4 is 10.1 Å². The summed E-state index contributed by atoms with van der Waals surface area (Å²) in [6, 6.07) is 19.7. The molecule has 0 aromatic heterocycles. The minimum absolute atomic E-state index is 0.0179. The average molecular weight is 501 g/mol. The van der Waals surface area contributed by atoms with Gasteiger partial charge in [0, 0.05) is 24.7 Å².